The highest BCUT2D eigenvalue weighted by Crippen LogP contribution is 2.27. The minimum atomic E-state index is 0.263. The largest absolute Gasteiger partial charge is 0.353 e. The molecular formula is C15H9ClN4. The maximum absolute atomic E-state index is 9.19. The molecular weight excluding hydrogens is 272 g/mol. The molecule has 96 valence electrons. The molecule has 1 heterocycles. The second-order valence-corrected chi connectivity index (χ2v) is 4.62. The molecule has 3 aromatic rings. The molecule has 20 heavy (non-hydrogen) atoms. The highest BCUT2D eigenvalue weighted by Gasteiger charge is 2.10. The van der Waals surface area contributed by atoms with Gasteiger partial charge in [0, 0.05) is 16.1 Å². The molecule has 0 bridgehead atoms. The number of aromatic nitrogens is 2. The molecule has 4 nitrogen and oxygen atoms in total. The first-order valence-corrected chi connectivity index (χ1v) is 6.34. The van der Waals surface area contributed by atoms with Gasteiger partial charge in [-0.15, -0.1) is 10.2 Å². The first-order valence-electron chi connectivity index (χ1n) is 5.96. The highest BCUT2D eigenvalue weighted by atomic mass is 35.5. The molecule has 0 unspecified atom stereocenters. The fourth-order valence-electron chi connectivity index (χ4n) is 1.94. The number of anilines is 2. The molecule has 0 radical (unpaired) electrons. The zero-order chi connectivity index (χ0) is 13.9. The van der Waals surface area contributed by atoms with Crippen LogP contribution in [0.15, 0.2) is 48.5 Å². The number of hydrogen-bond acceptors (Lipinski definition) is 4. The Bertz CT molecular complexity index is 806. The van der Waals surface area contributed by atoms with Crippen LogP contribution in [-0.2, 0) is 0 Å². The van der Waals surface area contributed by atoms with E-state index in [4.69, 9.17) is 11.6 Å². The Morgan fingerprint density at radius 2 is 1.75 bits per heavy atom. The molecule has 1 aromatic heterocycles. The Morgan fingerprint density at radius 1 is 1.00 bits per heavy atom. The Balaban J connectivity index is 2.14. The second-order valence-electron chi connectivity index (χ2n) is 4.18. The van der Waals surface area contributed by atoms with Crippen molar-refractivity contribution in [1.82, 2.24) is 10.2 Å². The fourth-order valence-corrected chi connectivity index (χ4v) is 2.06. The van der Waals surface area contributed by atoms with E-state index in [1.54, 1.807) is 12.1 Å². The summed E-state index contributed by atoms with van der Waals surface area (Å²) >= 11 is 5.87. The second kappa shape index (κ2) is 5.16. The zero-order valence-corrected chi connectivity index (χ0v) is 11.1. The summed E-state index contributed by atoms with van der Waals surface area (Å²) in [6.45, 7) is 0. The van der Waals surface area contributed by atoms with E-state index in [9.17, 15) is 5.26 Å². The van der Waals surface area contributed by atoms with Crippen LogP contribution in [0.3, 0.4) is 0 Å². The molecule has 0 aliphatic rings. The molecule has 0 atom stereocenters. The van der Waals surface area contributed by atoms with Crippen molar-refractivity contribution in [2.24, 2.45) is 0 Å². The van der Waals surface area contributed by atoms with Crippen LogP contribution in [0.1, 0.15) is 5.69 Å². The van der Waals surface area contributed by atoms with E-state index in [0.29, 0.717) is 10.7 Å². The fraction of sp³-hybridized carbons (Fsp3) is 0. The number of hydrogen-bond donors (Lipinski definition) is 1. The van der Waals surface area contributed by atoms with Gasteiger partial charge in [0.2, 0.25) is 0 Å². The Morgan fingerprint density at radius 3 is 2.50 bits per heavy atom. The Kier molecular flexibility index (Phi) is 3.20. The first-order chi connectivity index (χ1) is 9.78. The van der Waals surface area contributed by atoms with Gasteiger partial charge in [-0.2, -0.15) is 5.26 Å². The van der Waals surface area contributed by atoms with Gasteiger partial charge in [0.15, 0.2) is 5.69 Å². The van der Waals surface area contributed by atoms with Crippen molar-refractivity contribution in [2.45, 2.75) is 0 Å². The molecule has 5 heteroatoms. The van der Waals surface area contributed by atoms with Gasteiger partial charge in [-0.05, 0) is 30.3 Å². The monoisotopic (exact) mass is 280 g/mol. The predicted molar refractivity (Wildman–Crippen MR) is 79.0 cm³/mol. The SMILES string of the molecule is N#Cc1nnc2ccccc2c1Nc1ccc(Cl)cc1. The zero-order valence-electron chi connectivity index (χ0n) is 10.3. The average Bonchev–Trinajstić information content (AvgIpc) is 2.50. The normalized spacial score (nSPS) is 10.2. The van der Waals surface area contributed by atoms with Crippen molar-refractivity contribution in [3.8, 4) is 6.07 Å². The molecule has 0 fully saturated rings. The third kappa shape index (κ3) is 2.27. The predicted octanol–water partition coefficient (Wildman–Crippen LogP) is 3.90. The first kappa shape index (κ1) is 12.4. The van der Waals surface area contributed by atoms with Crippen LogP contribution in [-0.4, -0.2) is 10.2 Å². The topological polar surface area (TPSA) is 61.6 Å². The molecule has 0 aliphatic heterocycles. The number of rotatable bonds is 2. The van der Waals surface area contributed by atoms with Gasteiger partial charge in [0.1, 0.15) is 6.07 Å². The number of nitrogens with zero attached hydrogens (tertiary/aromatic N) is 3. The van der Waals surface area contributed by atoms with Gasteiger partial charge in [0.25, 0.3) is 0 Å². The lowest BCUT2D eigenvalue weighted by Gasteiger charge is -2.10. The average molecular weight is 281 g/mol. The summed E-state index contributed by atoms with van der Waals surface area (Å²) in [5.41, 5.74) is 2.49. The van der Waals surface area contributed by atoms with Gasteiger partial charge in [-0.1, -0.05) is 29.8 Å². The van der Waals surface area contributed by atoms with Crippen LogP contribution in [0.2, 0.25) is 5.02 Å². The summed E-state index contributed by atoms with van der Waals surface area (Å²) in [4.78, 5) is 0. The molecule has 0 saturated heterocycles. The van der Waals surface area contributed by atoms with Crippen molar-refractivity contribution in [1.29, 1.82) is 5.26 Å². The van der Waals surface area contributed by atoms with E-state index < -0.39 is 0 Å². The maximum atomic E-state index is 9.19. The van der Waals surface area contributed by atoms with Crippen molar-refractivity contribution in [3.05, 3.63) is 59.2 Å². The molecule has 0 saturated carbocycles. The summed E-state index contributed by atoms with van der Waals surface area (Å²) in [6, 6.07) is 16.9. The van der Waals surface area contributed by atoms with Crippen molar-refractivity contribution in [2.75, 3.05) is 5.32 Å². The van der Waals surface area contributed by atoms with Gasteiger partial charge >= 0.3 is 0 Å². The summed E-state index contributed by atoms with van der Waals surface area (Å²) in [5, 5.41) is 21.9. The van der Waals surface area contributed by atoms with Crippen LogP contribution in [0, 0.1) is 11.3 Å². The summed E-state index contributed by atoms with van der Waals surface area (Å²) in [5.74, 6) is 0. The lowest BCUT2D eigenvalue weighted by molar-refractivity contribution is 1.05. The minimum Gasteiger partial charge on any atom is -0.353 e. The van der Waals surface area contributed by atoms with E-state index in [2.05, 4.69) is 21.6 Å². The Hall–Kier alpha value is -2.64. The number of benzene rings is 2. The Labute approximate surface area is 120 Å². The van der Waals surface area contributed by atoms with Crippen molar-refractivity contribution < 1.29 is 0 Å². The smallest absolute Gasteiger partial charge is 0.187 e. The van der Waals surface area contributed by atoms with Gasteiger partial charge in [-0.25, -0.2) is 0 Å². The third-order valence-corrected chi connectivity index (χ3v) is 3.14. The summed E-state index contributed by atoms with van der Waals surface area (Å²) in [7, 11) is 0. The van der Waals surface area contributed by atoms with E-state index in [0.717, 1.165) is 16.6 Å². The van der Waals surface area contributed by atoms with E-state index in [-0.39, 0.29) is 5.69 Å². The maximum Gasteiger partial charge on any atom is 0.187 e. The number of fused-ring (bicyclic) bond motifs is 1. The van der Waals surface area contributed by atoms with E-state index in [1.165, 1.54) is 0 Å². The lowest BCUT2D eigenvalue weighted by Crippen LogP contribution is -1.99. The number of nitrogens with one attached hydrogen (secondary N) is 1. The van der Waals surface area contributed by atoms with Crippen LogP contribution in [0.4, 0.5) is 11.4 Å². The van der Waals surface area contributed by atoms with E-state index >= 15 is 0 Å². The quantitative estimate of drug-likeness (QED) is 0.773. The molecule has 0 aliphatic carbocycles. The molecule has 0 spiro atoms. The number of nitriles is 1. The van der Waals surface area contributed by atoms with Gasteiger partial charge in [0.05, 0.1) is 11.2 Å². The highest BCUT2D eigenvalue weighted by molar-refractivity contribution is 6.30. The van der Waals surface area contributed by atoms with Crippen LogP contribution in [0.5, 0.6) is 0 Å². The molecule has 0 amide bonds. The van der Waals surface area contributed by atoms with E-state index in [1.807, 2.05) is 36.4 Å². The molecule has 1 N–H and O–H groups in total. The van der Waals surface area contributed by atoms with Gasteiger partial charge in [-0.3, -0.25) is 0 Å². The van der Waals surface area contributed by atoms with Crippen LogP contribution >= 0.6 is 11.6 Å². The standard InChI is InChI=1S/C15H9ClN4/c16-10-5-7-11(8-6-10)18-15-12-3-1-2-4-13(12)19-20-14(15)9-17/h1-8H,(H,18,19). The minimum absolute atomic E-state index is 0.263. The van der Waals surface area contributed by atoms with Crippen LogP contribution < -0.4 is 5.32 Å². The van der Waals surface area contributed by atoms with Crippen LogP contribution in [0.25, 0.3) is 10.9 Å². The summed E-state index contributed by atoms with van der Waals surface area (Å²) < 4.78 is 0. The molecule has 2 aromatic carbocycles. The summed E-state index contributed by atoms with van der Waals surface area (Å²) in [6.07, 6.45) is 0. The third-order valence-electron chi connectivity index (χ3n) is 2.89. The van der Waals surface area contributed by atoms with Gasteiger partial charge < -0.3 is 5.32 Å². The molecule has 3 rings (SSSR count). The van der Waals surface area contributed by atoms with Crippen molar-refractivity contribution >= 4 is 33.9 Å². The van der Waals surface area contributed by atoms with Crippen molar-refractivity contribution in [3.63, 3.8) is 0 Å². The number of halogens is 1. The lowest BCUT2D eigenvalue weighted by atomic mass is 10.1.